The number of pyridine rings is 1. The van der Waals surface area contributed by atoms with Crippen molar-refractivity contribution in [2.75, 3.05) is 0 Å². The number of nitrogens with zero attached hydrogens (tertiary/aromatic N) is 1. The van der Waals surface area contributed by atoms with Crippen LogP contribution in [0.25, 0.3) is 43.9 Å². The Balaban J connectivity index is 1.81. The van der Waals surface area contributed by atoms with Crippen LogP contribution in [0.5, 0.6) is 0 Å². The summed E-state index contributed by atoms with van der Waals surface area (Å²) in [5.74, 6) is 0. The summed E-state index contributed by atoms with van der Waals surface area (Å²) in [5.41, 5.74) is 5.75. The number of hydrogen-bond donors (Lipinski definition) is 0. The summed E-state index contributed by atoms with van der Waals surface area (Å²) in [5, 5.41) is 5.01. The van der Waals surface area contributed by atoms with Gasteiger partial charge in [0.15, 0.2) is 0 Å². The van der Waals surface area contributed by atoms with Gasteiger partial charge >= 0.3 is 0 Å². The lowest BCUT2D eigenvalue weighted by Crippen LogP contribution is -2.14. The number of aromatic nitrogens is 1. The van der Waals surface area contributed by atoms with E-state index in [1.54, 1.807) is 0 Å². The molecule has 1 aromatic heterocycles. The molecule has 0 aliphatic carbocycles. The van der Waals surface area contributed by atoms with Crippen molar-refractivity contribution in [2.24, 2.45) is 0 Å². The second-order valence-corrected chi connectivity index (χ2v) is 8.93. The maximum absolute atomic E-state index is 5.13. The maximum atomic E-state index is 5.13. The first-order valence-electron chi connectivity index (χ1n) is 10.5. The molecule has 1 heterocycles. The molecular formula is C29H25N. The van der Waals surface area contributed by atoms with Gasteiger partial charge in [0, 0.05) is 16.7 Å². The zero-order valence-electron chi connectivity index (χ0n) is 17.7. The van der Waals surface area contributed by atoms with E-state index in [1.165, 1.54) is 38.2 Å². The third kappa shape index (κ3) is 3.27. The minimum Gasteiger partial charge on any atom is -0.252 e. The van der Waals surface area contributed by atoms with E-state index in [0.717, 1.165) is 11.4 Å². The lowest BCUT2D eigenvalue weighted by molar-refractivity contribution is 0.570. The van der Waals surface area contributed by atoms with Gasteiger partial charge in [0.25, 0.3) is 0 Å². The van der Waals surface area contributed by atoms with Crippen molar-refractivity contribution in [1.82, 2.24) is 4.98 Å². The van der Waals surface area contributed by atoms with Gasteiger partial charge in [-0.3, -0.25) is 4.98 Å². The Kier molecular flexibility index (Phi) is 4.40. The van der Waals surface area contributed by atoms with E-state index < -0.39 is 0 Å². The van der Waals surface area contributed by atoms with Crippen LogP contribution < -0.4 is 0 Å². The van der Waals surface area contributed by atoms with Gasteiger partial charge in [-0.15, -0.1) is 0 Å². The predicted molar refractivity (Wildman–Crippen MR) is 129 cm³/mol. The van der Waals surface area contributed by atoms with Gasteiger partial charge in [-0.1, -0.05) is 106 Å². The van der Waals surface area contributed by atoms with Crippen molar-refractivity contribution < 1.29 is 0 Å². The van der Waals surface area contributed by atoms with Crippen LogP contribution in [-0.4, -0.2) is 4.98 Å². The molecule has 5 aromatic rings. The van der Waals surface area contributed by atoms with Crippen LogP contribution in [0.4, 0.5) is 0 Å². The van der Waals surface area contributed by atoms with E-state index in [9.17, 15) is 0 Å². The molecule has 0 aliphatic heterocycles. The summed E-state index contributed by atoms with van der Waals surface area (Å²) in [6, 6.07) is 34.7. The molecule has 0 atom stereocenters. The highest BCUT2D eigenvalue weighted by Crippen LogP contribution is 2.36. The maximum Gasteiger partial charge on any atom is 0.0717 e. The van der Waals surface area contributed by atoms with Crippen molar-refractivity contribution in [3.8, 4) is 22.4 Å². The zero-order valence-corrected chi connectivity index (χ0v) is 17.7. The number of fused-ring (bicyclic) bond motifs is 2. The van der Waals surface area contributed by atoms with Gasteiger partial charge in [0.2, 0.25) is 0 Å². The number of rotatable bonds is 2. The monoisotopic (exact) mass is 387 g/mol. The molecule has 0 N–H and O–H groups in total. The van der Waals surface area contributed by atoms with Gasteiger partial charge in [-0.05, 0) is 44.8 Å². The molecule has 0 saturated heterocycles. The topological polar surface area (TPSA) is 12.9 Å². The second kappa shape index (κ2) is 7.11. The Hall–Kier alpha value is -3.45. The molecule has 0 amide bonds. The molecule has 0 spiro atoms. The predicted octanol–water partition coefficient (Wildman–Crippen LogP) is 8.02. The van der Waals surface area contributed by atoms with Crippen LogP contribution in [0.15, 0.2) is 97.1 Å². The van der Waals surface area contributed by atoms with Crippen molar-refractivity contribution in [2.45, 2.75) is 26.2 Å². The number of benzene rings is 4. The summed E-state index contributed by atoms with van der Waals surface area (Å²) >= 11 is 0. The van der Waals surface area contributed by atoms with Gasteiger partial charge in [0.05, 0.1) is 5.69 Å². The molecule has 0 aliphatic rings. The first-order valence-corrected chi connectivity index (χ1v) is 10.5. The summed E-state index contributed by atoms with van der Waals surface area (Å²) in [4.78, 5) is 5.13. The normalized spacial score (nSPS) is 11.8. The van der Waals surface area contributed by atoms with Crippen LogP contribution in [-0.2, 0) is 5.41 Å². The Morgan fingerprint density at radius 2 is 1.10 bits per heavy atom. The van der Waals surface area contributed by atoms with Crippen LogP contribution in [0.3, 0.4) is 0 Å². The largest absolute Gasteiger partial charge is 0.252 e. The van der Waals surface area contributed by atoms with E-state index >= 15 is 0 Å². The highest BCUT2D eigenvalue weighted by molar-refractivity contribution is 5.99. The third-order valence-corrected chi connectivity index (χ3v) is 5.76. The molecule has 1 heteroatoms. The van der Waals surface area contributed by atoms with Crippen LogP contribution >= 0.6 is 0 Å². The molecule has 5 rings (SSSR count). The first-order chi connectivity index (χ1) is 14.5. The molecule has 0 radical (unpaired) electrons. The van der Waals surface area contributed by atoms with Crippen molar-refractivity contribution >= 4 is 21.5 Å². The fraction of sp³-hybridized carbons (Fsp3) is 0.138. The highest BCUT2D eigenvalue weighted by atomic mass is 14.7. The average Bonchev–Trinajstić information content (AvgIpc) is 2.77. The average molecular weight is 388 g/mol. The zero-order chi connectivity index (χ0) is 20.7. The van der Waals surface area contributed by atoms with Crippen molar-refractivity contribution in [3.05, 3.63) is 103 Å². The Bertz CT molecular complexity index is 1260. The van der Waals surface area contributed by atoms with E-state index in [-0.39, 0.29) is 5.41 Å². The molecule has 0 saturated carbocycles. The summed E-state index contributed by atoms with van der Waals surface area (Å²) in [7, 11) is 0. The SMILES string of the molecule is CC(C)(C)c1cc(-c2cccc3ccccc23)cc(-c2cccc3ccccc23)n1. The summed E-state index contributed by atoms with van der Waals surface area (Å²) in [6.45, 7) is 6.69. The van der Waals surface area contributed by atoms with Crippen LogP contribution in [0.2, 0.25) is 0 Å². The summed E-state index contributed by atoms with van der Waals surface area (Å²) < 4.78 is 0. The van der Waals surface area contributed by atoms with Gasteiger partial charge in [-0.25, -0.2) is 0 Å². The standard InChI is InChI=1S/C29H25N/c1-29(2,3)28-19-22(25-16-8-12-20-10-4-6-14-23(20)25)18-27(30-28)26-17-9-13-21-11-5-7-15-24(21)26/h4-19H,1-3H3. The van der Waals surface area contributed by atoms with Crippen LogP contribution in [0.1, 0.15) is 26.5 Å². The third-order valence-electron chi connectivity index (χ3n) is 5.76. The lowest BCUT2D eigenvalue weighted by atomic mass is 9.88. The van der Waals surface area contributed by atoms with Gasteiger partial charge < -0.3 is 0 Å². The molecule has 0 fully saturated rings. The van der Waals surface area contributed by atoms with E-state index in [2.05, 4.69) is 118 Å². The molecule has 0 unspecified atom stereocenters. The molecule has 4 aromatic carbocycles. The van der Waals surface area contributed by atoms with Crippen molar-refractivity contribution in [1.29, 1.82) is 0 Å². The Labute approximate surface area is 178 Å². The summed E-state index contributed by atoms with van der Waals surface area (Å²) in [6.07, 6.45) is 0. The smallest absolute Gasteiger partial charge is 0.0717 e. The van der Waals surface area contributed by atoms with Gasteiger partial charge in [-0.2, -0.15) is 0 Å². The minimum atomic E-state index is -0.0417. The first kappa shape index (κ1) is 18.6. The fourth-order valence-corrected chi connectivity index (χ4v) is 4.13. The Morgan fingerprint density at radius 1 is 0.567 bits per heavy atom. The lowest BCUT2D eigenvalue weighted by Gasteiger charge is -2.21. The highest BCUT2D eigenvalue weighted by Gasteiger charge is 2.19. The fourth-order valence-electron chi connectivity index (χ4n) is 4.13. The quantitative estimate of drug-likeness (QED) is 0.299. The Morgan fingerprint density at radius 3 is 1.73 bits per heavy atom. The van der Waals surface area contributed by atoms with Gasteiger partial charge in [0.1, 0.15) is 0 Å². The molecule has 30 heavy (non-hydrogen) atoms. The molecule has 0 bridgehead atoms. The van der Waals surface area contributed by atoms with E-state index in [1.807, 2.05) is 0 Å². The molecule has 1 nitrogen and oxygen atoms in total. The minimum absolute atomic E-state index is 0.0417. The molecular weight excluding hydrogens is 362 g/mol. The number of hydrogen-bond acceptors (Lipinski definition) is 1. The van der Waals surface area contributed by atoms with Crippen LogP contribution in [0, 0.1) is 0 Å². The second-order valence-electron chi connectivity index (χ2n) is 8.93. The van der Waals surface area contributed by atoms with E-state index in [0.29, 0.717) is 0 Å². The van der Waals surface area contributed by atoms with E-state index in [4.69, 9.17) is 4.98 Å². The molecule has 146 valence electrons. The van der Waals surface area contributed by atoms with Crippen molar-refractivity contribution in [3.63, 3.8) is 0 Å².